The van der Waals surface area contributed by atoms with Crippen molar-refractivity contribution in [2.45, 2.75) is 6.92 Å². The molecule has 3 nitrogen and oxygen atoms in total. The topological polar surface area (TPSA) is 49.9 Å². The largest absolute Gasteiger partial charge is 0.313 e. The van der Waals surface area contributed by atoms with Crippen molar-refractivity contribution in [3.8, 4) is 0 Å². The van der Waals surface area contributed by atoms with Gasteiger partial charge in [-0.05, 0) is 42.1 Å². The zero-order chi connectivity index (χ0) is 16.4. The molecule has 23 heavy (non-hydrogen) atoms. The molecule has 0 spiro atoms. The van der Waals surface area contributed by atoms with E-state index in [1.54, 1.807) is 35.6 Å². The lowest BCUT2D eigenvalue weighted by molar-refractivity contribution is 0.106. The number of carbonyl (C=O) groups excluding carboxylic acids is 1. The standard InChI is InChI=1S/C17H12ClNO2S2/c1-10-6-7-22-14(10)9-15-17(21)19-16(23-15)8-13(20)11-4-2-3-5-12(11)18/h2-9H,1H3,(H,19,21)/b15-9-,16-8-. The fourth-order valence-corrected chi connectivity index (χ4v) is 4.06. The lowest BCUT2D eigenvalue weighted by Crippen LogP contribution is -2.19. The molecule has 3 rings (SSSR count). The molecule has 2 aromatic heterocycles. The van der Waals surface area contributed by atoms with Gasteiger partial charge in [-0.25, -0.2) is 0 Å². The van der Waals surface area contributed by atoms with E-state index in [4.69, 9.17) is 11.6 Å². The van der Waals surface area contributed by atoms with Crippen LogP contribution in [0, 0.1) is 6.92 Å². The van der Waals surface area contributed by atoms with Crippen LogP contribution in [0.5, 0.6) is 0 Å². The lowest BCUT2D eigenvalue weighted by atomic mass is 10.1. The van der Waals surface area contributed by atoms with E-state index in [9.17, 15) is 9.59 Å². The fraction of sp³-hybridized carbons (Fsp3) is 0.0588. The van der Waals surface area contributed by atoms with Crippen molar-refractivity contribution in [1.82, 2.24) is 4.98 Å². The molecule has 3 aromatic rings. The van der Waals surface area contributed by atoms with Crippen molar-refractivity contribution in [3.63, 3.8) is 0 Å². The Morgan fingerprint density at radius 2 is 2.04 bits per heavy atom. The summed E-state index contributed by atoms with van der Waals surface area (Å²) < 4.78 is 1.09. The van der Waals surface area contributed by atoms with Crippen LogP contribution in [0.25, 0.3) is 12.2 Å². The number of H-pyrrole nitrogens is 1. The number of Topliss-reactive ketones (excluding diaryl/α,β-unsaturated/α-hetero) is 1. The summed E-state index contributed by atoms with van der Waals surface area (Å²) in [6.07, 6.45) is 3.26. The molecular formula is C17H12ClNO2S2. The van der Waals surface area contributed by atoms with Crippen LogP contribution in [0.4, 0.5) is 0 Å². The number of benzene rings is 1. The number of hydrogen-bond acceptors (Lipinski definition) is 4. The second-order valence-electron chi connectivity index (χ2n) is 4.89. The summed E-state index contributed by atoms with van der Waals surface area (Å²) in [7, 11) is 0. The fourth-order valence-electron chi connectivity index (χ4n) is 2.03. The normalized spacial score (nSPS) is 12.8. The molecule has 0 unspecified atom stereocenters. The molecule has 0 bridgehead atoms. The summed E-state index contributed by atoms with van der Waals surface area (Å²) in [6, 6.07) is 8.85. The van der Waals surface area contributed by atoms with Gasteiger partial charge in [0.2, 0.25) is 0 Å². The van der Waals surface area contributed by atoms with Crippen molar-refractivity contribution in [2.75, 3.05) is 0 Å². The van der Waals surface area contributed by atoms with Gasteiger partial charge in [-0.15, -0.1) is 22.7 Å². The minimum absolute atomic E-state index is 0.194. The molecule has 2 heterocycles. The molecule has 0 aliphatic carbocycles. The van der Waals surface area contributed by atoms with Gasteiger partial charge in [-0.1, -0.05) is 23.7 Å². The first-order valence-electron chi connectivity index (χ1n) is 6.80. The summed E-state index contributed by atoms with van der Waals surface area (Å²) >= 11 is 8.86. The number of nitrogens with one attached hydrogen (secondary N) is 1. The number of halogens is 1. The van der Waals surface area contributed by atoms with E-state index in [-0.39, 0.29) is 11.3 Å². The SMILES string of the molecule is Cc1ccsc1/C=c1\s/c(=C\C(=O)c2ccccc2Cl)[nH]c1=O. The highest BCUT2D eigenvalue weighted by Crippen LogP contribution is 2.16. The number of aromatic amines is 1. The van der Waals surface area contributed by atoms with Crippen LogP contribution < -0.4 is 14.8 Å². The average molecular weight is 362 g/mol. The van der Waals surface area contributed by atoms with Crippen LogP contribution in [-0.4, -0.2) is 10.8 Å². The van der Waals surface area contributed by atoms with Crippen LogP contribution in [0.1, 0.15) is 20.8 Å². The van der Waals surface area contributed by atoms with Crippen LogP contribution in [0.15, 0.2) is 40.5 Å². The first kappa shape index (κ1) is 15.9. The van der Waals surface area contributed by atoms with Gasteiger partial charge in [-0.2, -0.15) is 0 Å². The van der Waals surface area contributed by atoms with E-state index >= 15 is 0 Å². The van der Waals surface area contributed by atoms with Gasteiger partial charge in [0.25, 0.3) is 5.56 Å². The van der Waals surface area contributed by atoms with E-state index < -0.39 is 0 Å². The summed E-state index contributed by atoms with van der Waals surface area (Å²) in [6.45, 7) is 2.00. The van der Waals surface area contributed by atoms with E-state index in [2.05, 4.69) is 4.98 Å². The van der Waals surface area contributed by atoms with Gasteiger partial charge in [0.15, 0.2) is 5.78 Å². The molecule has 6 heteroatoms. The molecule has 0 radical (unpaired) electrons. The van der Waals surface area contributed by atoms with Gasteiger partial charge in [-0.3, -0.25) is 9.59 Å². The minimum Gasteiger partial charge on any atom is -0.313 e. The van der Waals surface area contributed by atoms with E-state index in [1.165, 1.54) is 17.4 Å². The predicted molar refractivity (Wildman–Crippen MR) is 97.1 cm³/mol. The van der Waals surface area contributed by atoms with Gasteiger partial charge in [0, 0.05) is 16.5 Å². The Hall–Kier alpha value is -1.95. The van der Waals surface area contributed by atoms with Crippen molar-refractivity contribution in [3.05, 3.63) is 76.3 Å². The van der Waals surface area contributed by atoms with Gasteiger partial charge in [0.1, 0.15) is 0 Å². The molecule has 0 aliphatic rings. The highest BCUT2D eigenvalue weighted by molar-refractivity contribution is 7.11. The molecule has 0 amide bonds. The molecule has 0 fully saturated rings. The third kappa shape index (κ3) is 3.52. The van der Waals surface area contributed by atoms with Gasteiger partial charge >= 0.3 is 0 Å². The van der Waals surface area contributed by atoms with Gasteiger partial charge < -0.3 is 4.98 Å². The van der Waals surface area contributed by atoms with E-state index in [0.717, 1.165) is 10.4 Å². The summed E-state index contributed by atoms with van der Waals surface area (Å²) in [5.41, 5.74) is 1.35. The Labute approximate surface area is 145 Å². The molecule has 116 valence electrons. The number of carbonyl (C=O) groups is 1. The third-order valence-electron chi connectivity index (χ3n) is 3.25. The lowest BCUT2D eigenvalue weighted by Gasteiger charge is -1.97. The maximum Gasteiger partial charge on any atom is 0.266 e. The van der Waals surface area contributed by atoms with E-state index in [1.807, 2.05) is 24.4 Å². The van der Waals surface area contributed by atoms with E-state index in [0.29, 0.717) is 19.8 Å². The Balaban J connectivity index is 2.03. The van der Waals surface area contributed by atoms with Crippen molar-refractivity contribution < 1.29 is 4.79 Å². The molecule has 0 aliphatic heterocycles. The first-order chi connectivity index (χ1) is 11.0. The monoisotopic (exact) mass is 361 g/mol. The van der Waals surface area contributed by atoms with Gasteiger partial charge in [0.05, 0.1) is 14.2 Å². The quantitative estimate of drug-likeness (QED) is 0.729. The third-order valence-corrected chi connectivity index (χ3v) is 5.50. The average Bonchev–Trinajstić information content (AvgIpc) is 3.06. The van der Waals surface area contributed by atoms with Crippen LogP contribution in [0.2, 0.25) is 5.02 Å². The smallest absolute Gasteiger partial charge is 0.266 e. The summed E-state index contributed by atoms with van der Waals surface area (Å²) in [5, 5.41) is 2.38. The number of thiazole rings is 1. The number of rotatable bonds is 3. The number of aryl methyl sites for hydroxylation is 1. The number of ketones is 1. The molecule has 0 saturated carbocycles. The highest BCUT2D eigenvalue weighted by Gasteiger charge is 2.07. The van der Waals surface area contributed by atoms with Crippen molar-refractivity contribution in [2.24, 2.45) is 0 Å². The van der Waals surface area contributed by atoms with Crippen LogP contribution in [-0.2, 0) is 0 Å². The van der Waals surface area contributed by atoms with Crippen molar-refractivity contribution >= 4 is 52.2 Å². The molecule has 0 atom stereocenters. The number of aromatic nitrogens is 1. The zero-order valence-electron chi connectivity index (χ0n) is 12.1. The zero-order valence-corrected chi connectivity index (χ0v) is 14.5. The predicted octanol–water partition coefficient (Wildman–Crippen LogP) is 2.95. The Bertz CT molecular complexity index is 1040. The van der Waals surface area contributed by atoms with Crippen LogP contribution >= 0.6 is 34.3 Å². The highest BCUT2D eigenvalue weighted by atomic mass is 35.5. The molecule has 1 aromatic carbocycles. The second kappa shape index (κ2) is 6.66. The number of thiophene rings is 1. The van der Waals surface area contributed by atoms with Crippen LogP contribution in [0.3, 0.4) is 0 Å². The molecule has 1 N–H and O–H groups in total. The maximum absolute atomic E-state index is 12.3. The number of hydrogen-bond donors (Lipinski definition) is 1. The summed E-state index contributed by atoms with van der Waals surface area (Å²) in [4.78, 5) is 28.1. The molecular weight excluding hydrogens is 350 g/mol. The Morgan fingerprint density at radius 3 is 2.74 bits per heavy atom. The Morgan fingerprint density at radius 1 is 1.26 bits per heavy atom. The Kier molecular flexibility index (Phi) is 4.61. The summed E-state index contributed by atoms with van der Waals surface area (Å²) in [5.74, 6) is -0.230. The first-order valence-corrected chi connectivity index (χ1v) is 8.87. The second-order valence-corrected chi connectivity index (χ2v) is 7.32. The molecule has 0 saturated heterocycles. The maximum atomic E-state index is 12.3. The minimum atomic E-state index is -0.230. The van der Waals surface area contributed by atoms with Crippen molar-refractivity contribution in [1.29, 1.82) is 0 Å².